The largest absolute Gasteiger partial charge is 0.372 e. The van der Waals surface area contributed by atoms with Crippen molar-refractivity contribution in [2.24, 2.45) is 0 Å². The number of nitrogens with one attached hydrogen (secondary N) is 2. The van der Waals surface area contributed by atoms with E-state index in [0.29, 0.717) is 36.6 Å². The van der Waals surface area contributed by atoms with Crippen LogP contribution in [0, 0.1) is 0 Å². The molecular formula is C25H31ClN8O2. The van der Waals surface area contributed by atoms with Gasteiger partial charge in [-0.2, -0.15) is 5.10 Å². The van der Waals surface area contributed by atoms with Gasteiger partial charge >= 0.3 is 6.03 Å². The van der Waals surface area contributed by atoms with Crippen molar-refractivity contribution in [1.29, 1.82) is 0 Å². The minimum atomic E-state index is -0.113. The minimum Gasteiger partial charge on any atom is -0.372 e. The van der Waals surface area contributed by atoms with Crippen molar-refractivity contribution in [2.45, 2.75) is 38.6 Å². The topological polar surface area (TPSA) is 100 Å². The minimum absolute atomic E-state index is 0.113. The van der Waals surface area contributed by atoms with E-state index in [4.69, 9.17) is 16.3 Å². The number of rotatable bonds is 8. The summed E-state index contributed by atoms with van der Waals surface area (Å²) in [5.41, 5.74) is 3.29. The Balaban J connectivity index is 1.17. The van der Waals surface area contributed by atoms with E-state index < -0.39 is 0 Å². The molecule has 2 aliphatic heterocycles. The van der Waals surface area contributed by atoms with Crippen LogP contribution in [-0.2, 0) is 11.3 Å². The number of ether oxygens (including phenoxy) is 1. The number of aromatic nitrogens is 4. The lowest BCUT2D eigenvalue weighted by Gasteiger charge is -2.39. The van der Waals surface area contributed by atoms with Crippen molar-refractivity contribution >= 4 is 29.3 Å². The molecule has 0 radical (unpaired) electrons. The number of halogens is 1. The van der Waals surface area contributed by atoms with E-state index >= 15 is 0 Å². The summed E-state index contributed by atoms with van der Waals surface area (Å²) >= 11 is 6.54. The van der Waals surface area contributed by atoms with Gasteiger partial charge in [-0.25, -0.2) is 14.8 Å². The second kappa shape index (κ2) is 10.4. The van der Waals surface area contributed by atoms with Crippen molar-refractivity contribution in [3.8, 4) is 11.3 Å². The first-order valence-corrected chi connectivity index (χ1v) is 12.5. The Kier molecular flexibility index (Phi) is 7.08. The third kappa shape index (κ3) is 5.61. The van der Waals surface area contributed by atoms with Gasteiger partial charge in [-0.15, -0.1) is 0 Å². The first kappa shape index (κ1) is 24.5. The van der Waals surface area contributed by atoms with E-state index in [1.165, 1.54) is 0 Å². The van der Waals surface area contributed by atoms with Gasteiger partial charge in [0.2, 0.25) is 5.95 Å². The monoisotopic (exact) mass is 510 g/mol. The van der Waals surface area contributed by atoms with Gasteiger partial charge in [0, 0.05) is 42.6 Å². The molecule has 10 nitrogen and oxygen atoms in total. The molecule has 1 aromatic carbocycles. The number of nitrogens with zero attached hydrogens (tertiary/aromatic N) is 6. The molecular weight excluding hydrogens is 480 g/mol. The molecule has 2 fully saturated rings. The fourth-order valence-corrected chi connectivity index (χ4v) is 4.60. The highest BCUT2D eigenvalue weighted by Gasteiger charge is 2.31. The van der Waals surface area contributed by atoms with Gasteiger partial charge < -0.3 is 25.2 Å². The van der Waals surface area contributed by atoms with Gasteiger partial charge in [0.15, 0.2) is 0 Å². The standard InChI is InChI=1S/C25H31ClN8O2/c1-16(2)36-21-14-33(15-21)25(35)28-9-18-5-4-17(8-22(18)26)23-6-7-27-24(31-23)30-19-10-29-34(11-19)20-12-32(3)13-20/h4-8,10-11,16,20-21H,9,12-15H2,1-3H3,(H,28,35)(H,27,30,31). The van der Waals surface area contributed by atoms with Crippen LogP contribution in [0.25, 0.3) is 11.3 Å². The van der Waals surface area contributed by atoms with Gasteiger partial charge in [-0.05, 0) is 38.6 Å². The smallest absolute Gasteiger partial charge is 0.317 e. The number of hydrogen-bond donors (Lipinski definition) is 2. The molecule has 0 atom stereocenters. The fraction of sp³-hybridized carbons (Fsp3) is 0.440. The molecule has 0 spiro atoms. The first-order valence-electron chi connectivity index (χ1n) is 12.1. The molecule has 5 rings (SSSR count). The predicted octanol–water partition coefficient (Wildman–Crippen LogP) is 3.54. The molecule has 190 valence electrons. The molecule has 2 saturated heterocycles. The van der Waals surface area contributed by atoms with Crippen LogP contribution in [0.3, 0.4) is 0 Å². The summed E-state index contributed by atoms with van der Waals surface area (Å²) in [7, 11) is 2.10. The Labute approximate surface area is 215 Å². The number of benzene rings is 1. The molecule has 4 heterocycles. The Morgan fingerprint density at radius 2 is 2.03 bits per heavy atom. The zero-order chi connectivity index (χ0) is 25.2. The van der Waals surface area contributed by atoms with Crippen molar-refractivity contribution < 1.29 is 9.53 Å². The summed E-state index contributed by atoms with van der Waals surface area (Å²) in [5.74, 6) is 0.486. The first-order chi connectivity index (χ1) is 17.3. The average Bonchev–Trinajstić information content (AvgIpc) is 3.26. The van der Waals surface area contributed by atoms with Crippen LogP contribution in [-0.4, -0.2) is 81.0 Å². The SMILES string of the molecule is CC(C)OC1CN(C(=O)NCc2ccc(-c3ccnc(Nc4cnn(C5CN(C)C5)c4)n3)cc2Cl)C1. The number of carbonyl (C=O) groups excluding carboxylic acids is 1. The van der Waals surface area contributed by atoms with Crippen molar-refractivity contribution in [3.63, 3.8) is 0 Å². The summed E-state index contributed by atoms with van der Waals surface area (Å²) in [6.07, 6.45) is 5.75. The van der Waals surface area contributed by atoms with Crippen LogP contribution in [0.15, 0.2) is 42.9 Å². The van der Waals surface area contributed by atoms with Crippen molar-refractivity contribution in [1.82, 2.24) is 34.9 Å². The van der Waals surface area contributed by atoms with Gasteiger partial charge in [0.1, 0.15) is 0 Å². The maximum absolute atomic E-state index is 12.4. The number of likely N-dealkylation sites (tertiary alicyclic amines) is 2. The summed E-state index contributed by atoms with van der Waals surface area (Å²) < 4.78 is 7.68. The average molecular weight is 511 g/mol. The van der Waals surface area contributed by atoms with Crippen LogP contribution in [0.5, 0.6) is 0 Å². The van der Waals surface area contributed by atoms with E-state index in [0.717, 1.165) is 35.6 Å². The summed E-state index contributed by atoms with van der Waals surface area (Å²) in [6, 6.07) is 7.85. The van der Waals surface area contributed by atoms with Crippen LogP contribution < -0.4 is 10.6 Å². The van der Waals surface area contributed by atoms with E-state index in [-0.39, 0.29) is 18.2 Å². The van der Waals surface area contributed by atoms with Crippen LogP contribution in [0.2, 0.25) is 5.02 Å². The van der Waals surface area contributed by atoms with E-state index in [2.05, 4.69) is 37.6 Å². The summed E-state index contributed by atoms with van der Waals surface area (Å²) in [6.45, 7) is 7.56. The normalized spacial score (nSPS) is 16.6. The summed E-state index contributed by atoms with van der Waals surface area (Å²) in [5, 5.41) is 11.2. The second-order valence-electron chi connectivity index (χ2n) is 9.65. The third-order valence-corrected chi connectivity index (χ3v) is 6.66. The number of urea groups is 1. The lowest BCUT2D eigenvalue weighted by atomic mass is 10.1. The van der Waals surface area contributed by atoms with Crippen LogP contribution in [0.4, 0.5) is 16.4 Å². The van der Waals surface area contributed by atoms with Gasteiger partial charge in [-0.1, -0.05) is 23.7 Å². The Morgan fingerprint density at radius 1 is 1.22 bits per heavy atom. The quantitative estimate of drug-likeness (QED) is 0.478. The highest BCUT2D eigenvalue weighted by atomic mass is 35.5. The van der Waals surface area contributed by atoms with Gasteiger partial charge in [-0.3, -0.25) is 4.68 Å². The van der Waals surface area contributed by atoms with Crippen molar-refractivity contribution in [2.75, 3.05) is 38.5 Å². The molecule has 36 heavy (non-hydrogen) atoms. The molecule has 2 amide bonds. The lowest BCUT2D eigenvalue weighted by molar-refractivity contribution is -0.0641. The highest BCUT2D eigenvalue weighted by Crippen LogP contribution is 2.26. The Morgan fingerprint density at radius 3 is 2.75 bits per heavy atom. The number of amides is 2. The van der Waals surface area contributed by atoms with Gasteiger partial charge in [0.05, 0.1) is 48.9 Å². The van der Waals surface area contributed by atoms with Gasteiger partial charge in [0.25, 0.3) is 0 Å². The molecule has 0 aliphatic carbocycles. The summed E-state index contributed by atoms with van der Waals surface area (Å²) in [4.78, 5) is 25.3. The maximum atomic E-state index is 12.4. The molecule has 3 aromatic rings. The Bertz CT molecular complexity index is 1220. The zero-order valence-electron chi connectivity index (χ0n) is 20.7. The third-order valence-electron chi connectivity index (χ3n) is 6.31. The molecule has 2 aromatic heterocycles. The zero-order valence-corrected chi connectivity index (χ0v) is 21.4. The lowest BCUT2D eigenvalue weighted by Crippen LogP contribution is -2.58. The van der Waals surface area contributed by atoms with Crippen molar-refractivity contribution in [3.05, 3.63) is 53.4 Å². The molecule has 0 unspecified atom stereocenters. The number of anilines is 2. The van der Waals surface area contributed by atoms with Crippen LogP contribution >= 0.6 is 11.6 Å². The Hall–Kier alpha value is -3.21. The molecule has 0 bridgehead atoms. The number of hydrogen-bond acceptors (Lipinski definition) is 7. The van der Waals surface area contributed by atoms with Crippen LogP contribution in [0.1, 0.15) is 25.5 Å². The molecule has 0 saturated carbocycles. The number of likely N-dealkylation sites (N-methyl/N-ethyl adjacent to an activating group) is 1. The fourth-order valence-electron chi connectivity index (χ4n) is 4.35. The second-order valence-corrected chi connectivity index (χ2v) is 10.1. The predicted molar refractivity (Wildman–Crippen MR) is 138 cm³/mol. The molecule has 11 heteroatoms. The van der Waals surface area contributed by atoms with E-state index in [1.807, 2.05) is 49.0 Å². The molecule has 2 aliphatic rings. The molecule has 2 N–H and O–H groups in total. The number of carbonyl (C=O) groups is 1. The highest BCUT2D eigenvalue weighted by molar-refractivity contribution is 6.31. The van der Waals surface area contributed by atoms with E-state index in [1.54, 1.807) is 17.3 Å². The maximum Gasteiger partial charge on any atom is 0.317 e. The van der Waals surface area contributed by atoms with E-state index in [9.17, 15) is 4.79 Å².